The first-order valence-electron chi connectivity index (χ1n) is 10.2. The van der Waals surface area contributed by atoms with Crippen LogP contribution in [0.3, 0.4) is 0 Å². The molecule has 8 heteroatoms. The van der Waals surface area contributed by atoms with E-state index in [2.05, 4.69) is 31.8 Å². The highest BCUT2D eigenvalue weighted by Crippen LogP contribution is 2.30. The van der Waals surface area contributed by atoms with Gasteiger partial charge in [0.1, 0.15) is 5.76 Å². The highest BCUT2D eigenvalue weighted by Gasteiger charge is 2.28. The SMILES string of the molecule is Cc1c(C(=O)NCc2ccccc2Cl)oc2c1/C(=N/NC(=O)c1ccccc1Br)CCC2. The molecule has 2 aromatic carbocycles. The van der Waals surface area contributed by atoms with Crippen molar-refractivity contribution in [2.24, 2.45) is 5.10 Å². The predicted molar refractivity (Wildman–Crippen MR) is 127 cm³/mol. The third kappa shape index (κ3) is 4.64. The highest BCUT2D eigenvalue weighted by molar-refractivity contribution is 9.10. The second kappa shape index (κ2) is 9.71. The molecule has 0 saturated carbocycles. The van der Waals surface area contributed by atoms with Crippen molar-refractivity contribution in [3.63, 3.8) is 0 Å². The fraction of sp³-hybridized carbons (Fsp3) is 0.208. The molecule has 0 radical (unpaired) electrons. The van der Waals surface area contributed by atoms with Gasteiger partial charge in [-0.2, -0.15) is 5.10 Å². The number of hydrogen-bond donors (Lipinski definition) is 2. The van der Waals surface area contributed by atoms with Crippen LogP contribution in [0.2, 0.25) is 5.02 Å². The van der Waals surface area contributed by atoms with E-state index in [-0.39, 0.29) is 17.6 Å². The number of hydrogen-bond acceptors (Lipinski definition) is 4. The first-order chi connectivity index (χ1) is 15.5. The van der Waals surface area contributed by atoms with Crippen molar-refractivity contribution in [3.05, 3.63) is 91.8 Å². The zero-order valence-corrected chi connectivity index (χ0v) is 19.7. The van der Waals surface area contributed by atoms with Gasteiger partial charge in [-0.15, -0.1) is 0 Å². The van der Waals surface area contributed by atoms with Crippen molar-refractivity contribution in [1.82, 2.24) is 10.7 Å². The average molecular weight is 515 g/mol. The molecular formula is C24H21BrClN3O3. The molecule has 2 amide bonds. The molecule has 0 unspecified atom stereocenters. The Kier molecular flexibility index (Phi) is 6.77. The molecule has 4 rings (SSSR count). The summed E-state index contributed by atoms with van der Waals surface area (Å²) in [5.74, 6) is 0.351. The molecule has 0 spiro atoms. The number of furan rings is 1. The number of amides is 2. The van der Waals surface area contributed by atoms with Crippen LogP contribution in [0.4, 0.5) is 0 Å². The number of carbonyl (C=O) groups excluding carboxylic acids is 2. The van der Waals surface area contributed by atoms with Gasteiger partial charge in [0, 0.05) is 33.6 Å². The summed E-state index contributed by atoms with van der Waals surface area (Å²) in [6.45, 7) is 2.13. The van der Waals surface area contributed by atoms with Gasteiger partial charge in [-0.05, 0) is 59.5 Å². The van der Waals surface area contributed by atoms with E-state index in [1.54, 1.807) is 24.3 Å². The van der Waals surface area contributed by atoms with E-state index in [0.717, 1.165) is 17.5 Å². The largest absolute Gasteiger partial charge is 0.455 e. The monoisotopic (exact) mass is 513 g/mol. The van der Waals surface area contributed by atoms with E-state index >= 15 is 0 Å². The summed E-state index contributed by atoms with van der Waals surface area (Å²) in [5.41, 5.74) is 6.17. The fourth-order valence-electron chi connectivity index (χ4n) is 3.72. The van der Waals surface area contributed by atoms with Gasteiger partial charge in [-0.25, -0.2) is 5.43 Å². The molecular weight excluding hydrogens is 494 g/mol. The summed E-state index contributed by atoms with van der Waals surface area (Å²) in [6, 6.07) is 14.5. The Labute approximate surface area is 199 Å². The maximum atomic E-state index is 12.8. The Morgan fingerprint density at radius 3 is 2.62 bits per heavy atom. The van der Waals surface area contributed by atoms with Crippen molar-refractivity contribution in [2.75, 3.05) is 0 Å². The number of benzene rings is 2. The molecule has 0 atom stereocenters. The zero-order chi connectivity index (χ0) is 22.7. The molecule has 0 saturated heterocycles. The molecule has 2 N–H and O–H groups in total. The average Bonchev–Trinajstić information content (AvgIpc) is 3.14. The van der Waals surface area contributed by atoms with Crippen molar-refractivity contribution >= 4 is 45.1 Å². The number of carbonyl (C=O) groups is 2. The lowest BCUT2D eigenvalue weighted by Gasteiger charge is -2.13. The maximum Gasteiger partial charge on any atom is 0.287 e. The van der Waals surface area contributed by atoms with Crippen molar-refractivity contribution < 1.29 is 14.0 Å². The lowest BCUT2D eigenvalue weighted by atomic mass is 9.93. The van der Waals surface area contributed by atoms with Gasteiger partial charge < -0.3 is 9.73 Å². The molecule has 1 aliphatic carbocycles. The van der Waals surface area contributed by atoms with E-state index in [9.17, 15) is 9.59 Å². The van der Waals surface area contributed by atoms with E-state index in [1.807, 2.05) is 31.2 Å². The first kappa shape index (κ1) is 22.3. The van der Waals surface area contributed by atoms with Crippen LogP contribution in [0, 0.1) is 6.92 Å². The van der Waals surface area contributed by atoms with Gasteiger partial charge in [-0.1, -0.05) is 41.9 Å². The third-order valence-electron chi connectivity index (χ3n) is 5.34. The van der Waals surface area contributed by atoms with Gasteiger partial charge in [0.15, 0.2) is 5.76 Å². The Morgan fingerprint density at radius 2 is 1.84 bits per heavy atom. The van der Waals surface area contributed by atoms with Crippen LogP contribution >= 0.6 is 27.5 Å². The number of hydrazone groups is 1. The molecule has 1 aromatic heterocycles. The van der Waals surface area contributed by atoms with Crippen LogP contribution in [0.15, 0.2) is 62.5 Å². The zero-order valence-electron chi connectivity index (χ0n) is 17.4. The van der Waals surface area contributed by atoms with Crippen LogP contribution in [0.1, 0.15) is 56.2 Å². The van der Waals surface area contributed by atoms with Gasteiger partial charge in [-0.3, -0.25) is 9.59 Å². The van der Waals surface area contributed by atoms with Crippen LogP contribution < -0.4 is 10.7 Å². The number of fused-ring (bicyclic) bond motifs is 1. The van der Waals surface area contributed by atoms with Crippen molar-refractivity contribution in [2.45, 2.75) is 32.7 Å². The van der Waals surface area contributed by atoms with Crippen LogP contribution in [0.5, 0.6) is 0 Å². The van der Waals surface area contributed by atoms with E-state index in [4.69, 9.17) is 16.0 Å². The molecule has 164 valence electrons. The molecule has 1 heterocycles. The summed E-state index contributed by atoms with van der Waals surface area (Å²) >= 11 is 9.55. The number of rotatable bonds is 5. The molecule has 3 aromatic rings. The fourth-order valence-corrected chi connectivity index (χ4v) is 4.39. The summed E-state index contributed by atoms with van der Waals surface area (Å²) in [4.78, 5) is 25.3. The normalized spacial score (nSPS) is 14.2. The minimum atomic E-state index is -0.312. The lowest BCUT2D eigenvalue weighted by Crippen LogP contribution is -2.24. The van der Waals surface area contributed by atoms with E-state index in [1.165, 1.54) is 0 Å². The quantitative estimate of drug-likeness (QED) is 0.447. The summed E-state index contributed by atoms with van der Waals surface area (Å²) in [6.07, 6.45) is 2.22. The van der Waals surface area contributed by atoms with Crippen LogP contribution in [0.25, 0.3) is 0 Å². The Bertz CT molecular complexity index is 1220. The third-order valence-corrected chi connectivity index (χ3v) is 6.40. The molecule has 0 aliphatic heterocycles. The molecule has 0 bridgehead atoms. The molecule has 6 nitrogen and oxygen atoms in total. The summed E-state index contributed by atoms with van der Waals surface area (Å²) < 4.78 is 6.61. The van der Waals surface area contributed by atoms with E-state index in [0.29, 0.717) is 51.5 Å². The Hall–Kier alpha value is -2.90. The molecule has 0 fully saturated rings. The standard InChI is InChI=1S/C24H21BrClN3O3/c1-14-21-19(28-29-23(30)16-8-3-4-9-17(16)25)11-6-12-20(21)32-22(14)24(31)27-13-15-7-2-5-10-18(15)26/h2-5,7-10H,6,11-13H2,1H3,(H,27,31)(H,29,30)/b28-19+. The maximum absolute atomic E-state index is 12.8. The van der Waals surface area contributed by atoms with E-state index < -0.39 is 0 Å². The van der Waals surface area contributed by atoms with Gasteiger partial charge >= 0.3 is 0 Å². The van der Waals surface area contributed by atoms with Crippen molar-refractivity contribution in [3.8, 4) is 0 Å². The molecule has 1 aliphatic rings. The number of nitrogens with one attached hydrogen (secondary N) is 2. The minimum Gasteiger partial charge on any atom is -0.455 e. The van der Waals surface area contributed by atoms with Crippen LogP contribution in [-0.4, -0.2) is 17.5 Å². The topological polar surface area (TPSA) is 83.7 Å². The Balaban J connectivity index is 1.53. The smallest absolute Gasteiger partial charge is 0.287 e. The van der Waals surface area contributed by atoms with Gasteiger partial charge in [0.2, 0.25) is 0 Å². The van der Waals surface area contributed by atoms with Crippen molar-refractivity contribution in [1.29, 1.82) is 0 Å². The minimum absolute atomic E-state index is 0.258. The first-order valence-corrected chi connectivity index (χ1v) is 11.4. The second-order valence-corrected chi connectivity index (χ2v) is 8.72. The lowest BCUT2D eigenvalue weighted by molar-refractivity contribution is 0.0919. The highest BCUT2D eigenvalue weighted by atomic mass is 79.9. The number of halogens is 2. The Morgan fingerprint density at radius 1 is 1.09 bits per heavy atom. The predicted octanol–water partition coefficient (Wildman–Crippen LogP) is 5.40. The number of aryl methyl sites for hydroxylation is 1. The summed E-state index contributed by atoms with van der Waals surface area (Å²) in [7, 11) is 0. The second-order valence-electron chi connectivity index (χ2n) is 7.46. The molecule has 32 heavy (non-hydrogen) atoms. The van der Waals surface area contributed by atoms with Crippen LogP contribution in [-0.2, 0) is 13.0 Å². The summed E-state index contributed by atoms with van der Waals surface area (Å²) in [5, 5.41) is 7.83. The number of nitrogens with zero attached hydrogens (tertiary/aromatic N) is 1. The van der Waals surface area contributed by atoms with Gasteiger partial charge in [0.05, 0.1) is 11.3 Å². The van der Waals surface area contributed by atoms with Gasteiger partial charge in [0.25, 0.3) is 11.8 Å².